The Balaban J connectivity index is 2.22. The van der Waals surface area contributed by atoms with Gasteiger partial charge < -0.3 is 0 Å². The van der Waals surface area contributed by atoms with E-state index in [4.69, 9.17) is 0 Å². The van der Waals surface area contributed by atoms with E-state index in [1.54, 1.807) is 18.5 Å². The summed E-state index contributed by atoms with van der Waals surface area (Å²) in [5.41, 5.74) is 0.913. The van der Waals surface area contributed by atoms with Gasteiger partial charge >= 0.3 is 0 Å². The number of hydrogen-bond acceptors (Lipinski definition) is 5. The van der Waals surface area contributed by atoms with Gasteiger partial charge in [0.2, 0.25) is 0 Å². The second-order valence-electron chi connectivity index (χ2n) is 3.11. The predicted octanol–water partition coefficient (Wildman–Crippen LogP) is 0.897. The topological polar surface area (TPSA) is 71.4 Å². The molecular formula is C10H13N3O2. The summed E-state index contributed by atoms with van der Waals surface area (Å²) in [5, 5.41) is 5.37. The lowest BCUT2D eigenvalue weighted by atomic mass is 10.1. The molecule has 0 amide bonds. The Bertz CT molecular complexity index is 314. The zero-order chi connectivity index (χ0) is 10.9. The average molecular weight is 207 g/mol. The van der Waals surface area contributed by atoms with E-state index >= 15 is 0 Å². The molecule has 0 radical (unpaired) electrons. The number of carbonyl (C=O) groups excluding carboxylic acids is 1. The second kappa shape index (κ2) is 6.78. The van der Waals surface area contributed by atoms with Crippen molar-refractivity contribution >= 4 is 5.78 Å². The third-order valence-corrected chi connectivity index (χ3v) is 1.88. The first-order chi connectivity index (χ1) is 7.33. The molecule has 0 unspecified atom stereocenters. The zero-order valence-electron chi connectivity index (χ0n) is 8.35. The van der Waals surface area contributed by atoms with Crippen molar-refractivity contribution in [1.29, 1.82) is 0 Å². The number of pyridine rings is 1. The normalized spacial score (nSPS) is 9.87. The van der Waals surface area contributed by atoms with Crippen LogP contribution in [0.2, 0.25) is 0 Å². The molecule has 0 aliphatic carbocycles. The van der Waals surface area contributed by atoms with Crippen molar-refractivity contribution in [2.75, 3.05) is 13.2 Å². The van der Waals surface area contributed by atoms with Crippen LogP contribution in [-0.2, 0) is 11.2 Å². The summed E-state index contributed by atoms with van der Waals surface area (Å²) in [5.74, 6) is 0.126. The van der Waals surface area contributed by atoms with Gasteiger partial charge in [-0.25, -0.2) is 0 Å². The monoisotopic (exact) mass is 207 g/mol. The van der Waals surface area contributed by atoms with Crippen LogP contribution < -0.4 is 5.32 Å². The van der Waals surface area contributed by atoms with Crippen LogP contribution in [0.15, 0.2) is 29.7 Å². The number of nitroso groups, excluding NO2 is 1. The molecule has 1 rings (SSSR count). The van der Waals surface area contributed by atoms with Crippen molar-refractivity contribution in [2.45, 2.75) is 12.8 Å². The third-order valence-electron chi connectivity index (χ3n) is 1.88. The fraction of sp³-hybridized carbons (Fsp3) is 0.400. The largest absolute Gasteiger partial charge is 0.299 e. The standard InChI is InChI=1S/C10H13N3O2/c14-10(3-5-12-8-13-15)6-9-2-1-4-11-7-9/h1-2,4,7,12H,3,5-6,8H2. The van der Waals surface area contributed by atoms with Crippen LogP contribution in [0, 0.1) is 4.91 Å². The maximum absolute atomic E-state index is 11.4. The van der Waals surface area contributed by atoms with E-state index < -0.39 is 0 Å². The minimum Gasteiger partial charge on any atom is -0.299 e. The summed E-state index contributed by atoms with van der Waals surface area (Å²) in [6, 6.07) is 3.67. The molecule has 15 heavy (non-hydrogen) atoms. The van der Waals surface area contributed by atoms with Crippen LogP contribution in [0.1, 0.15) is 12.0 Å². The number of Topliss-reactive ketones (excluding diaryl/α,β-unsaturated/α-hetero) is 1. The van der Waals surface area contributed by atoms with Gasteiger partial charge in [0.1, 0.15) is 12.5 Å². The maximum atomic E-state index is 11.4. The number of aromatic nitrogens is 1. The van der Waals surface area contributed by atoms with Gasteiger partial charge in [-0.15, -0.1) is 4.91 Å². The van der Waals surface area contributed by atoms with Crippen LogP contribution in [0.5, 0.6) is 0 Å². The second-order valence-corrected chi connectivity index (χ2v) is 3.11. The predicted molar refractivity (Wildman–Crippen MR) is 56.2 cm³/mol. The lowest BCUT2D eigenvalue weighted by molar-refractivity contribution is -0.118. The van der Waals surface area contributed by atoms with Crippen molar-refractivity contribution in [2.24, 2.45) is 5.18 Å². The Morgan fingerprint density at radius 3 is 3.07 bits per heavy atom. The summed E-state index contributed by atoms with van der Waals surface area (Å²) < 4.78 is 0. The Labute approximate surface area is 87.9 Å². The van der Waals surface area contributed by atoms with Gasteiger partial charge in [0, 0.05) is 31.8 Å². The van der Waals surface area contributed by atoms with Gasteiger partial charge in [0.25, 0.3) is 0 Å². The number of nitrogens with zero attached hydrogens (tertiary/aromatic N) is 2. The van der Waals surface area contributed by atoms with E-state index in [0.717, 1.165) is 5.56 Å². The first kappa shape index (κ1) is 11.5. The smallest absolute Gasteiger partial charge is 0.138 e. The SMILES string of the molecule is O=NCNCCC(=O)Cc1cccnc1. The lowest BCUT2D eigenvalue weighted by Crippen LogP contribution is -2.18. The minimum atomic E-state index is 0.0557. The van der Waals surface area contributed by atoms with Crippen LogP contribution >= 0.6 is 0 Å². The van der Waals surface area contributed by atoms with Crippen LogP contribution in [-0.4, -0.2) is 24.0 Å². The summed E-state index contributed by atoms with van der Waals surface area (Å²) >= 11 is 0. The Morgan fingerprint density at radius 2 is 2.40 bits per heavy atom. The van der Waals surface area contributed by atoms with E-state index in [1.165, 1.54) is 0 Å². The van der Waals surface area contributed by atoms with Crippen molar-refractivity contribution in [1.82, 2.24) is 10.3 Å². The molecule has 1 aromatic heterocycles. The molecule has 5 nitrogen and oxygen atoms in total. The Kier molecular flexibility index (Phi) is 5.18. The molecule has 0 atom stereocenters. The van der Waals surface area contributed by atoms with E-state index in [-0.39, 0.29) is 12.5 Å². The van der Waals surface area contributed by atoms with Crippen molar-refractivity contribution in [3.63, 3.8) is 0 Å². The van der Waals surface area contributed by atoms with E-state index in [2.05, 4.69) is 15.5 Å². The van der Waals surface area contributed by atoms with Gasteiger partial charge in [0.15, 0.2) is 0 Å². The molecule has 0 bridgehead atoms. The molecule has 0 aliphatic rings. The first-order valence-electron chi connectivity index (χ1n) is 4.73. The summed E-state index contributed by atoms with van der Waals surface area (Å²) in [4.78, 5) is 25.1. The molecule has 1 N–H and O–H groups in total. The molecule has 0 aromatic carbocycles. The zero-order valence-corrected chi connectivity index (χ0v) is 8.35. The fourth-order valence-electron chi connectivity index (χ4n) is 1.17. The van der Waals surface area contributed by atoms with E-state index in [1.807, 2.05) is 6.07 Å². The van der Waals surface area contributed by atoms with Crippen LogP contribution in [0.4, 0.5) is 0 Å². The molecular weight excluding hydrogens is 194 g/mol. The van der Waals surface area contributed by atoms with Crippen molar-refractivity contribution in [3.8, 4) is 0 Å². The molecule has 0 saturated carbocycles. The van der Waals surface area contributed by atoms with Gasteiger partial charge in [-0.05, 0) is 11.6 Å². The summed E-state index contributed by atoms with van der Waals surface area (Å²) in [6.45, 7) is 0.547. The molecule has 1 heterocycles. The molecule has 0 fully saturated rings. The number of carbonyl (C=O) groups is 1. The van der Waals surface area contributed by atoms with Crippen molar-refractivity contribution in [3.05, 3.63) is 35.0 Å². The highest BCUT2D eigenvalue weighted by molar-refractivity contribution is 5.80. The van der Waals surface area contributed by atoms with Gasteiger partial charge in [-0.2, -0.15) is 0 Å². The highest BCUT2D eigenvalue weighted by Crippen LogP contribution is 1.99. The number of hydrogen-bond donors (Lipinski definition) is 1. The highest BCUT2D eigenvalue weighted by Gasteiger charge is 2.02. The molecule has 5 heteroatoms. The maximum Gasteiger partial charge on any atom is 0.138 e. The quantitative estimate of drug-likeness (QED) is 0.532. The minimum absolute atomic E-state index is 0.0557. The van der Waals surface area contributed by atoms with E-state index in [9.17, 15) is 9.70 Å². The molecule has 0 saturated heterocycles. The number of rotatable bonds is 7. The average Bonchev–Trinajstić information content (AvgIpc) is 2.26. The molecule has 1 aromatic rings. The third kappa shape index (κ3) is 4.97. The van der Waals surface area contributed by atoms with Gasteiger partial charge in [-0.1, -0.05) is 11.2 Å². The molecule has 0 spiro atoms. The lowest BCUT2D eigenvalue weighted by Gasteiger charge is -2.00. The van der Waals surface area contributed by atoms with Crippen LogP contribution in [0.3, 0.4) is 0 Å². The Morgan fingerprint density at radius 1 is 1.53 bits per heavy atom. The van der Waals surface area contributed by atoms with Crippen molar-refractivity contribution < 1.29 is 4.79 Å². The fourth-order valence-corrected chi connectivity index (χ4v) is 1.17. The number of nitrogens with one attached hydrogen (secondary N) is 1. The van der Waals surface area contributed by atoms with Crippen LogP contribution in [0.25, 0.3) is 0 Å². The summed E-state index contributed by atoms with van der Waals surface area (Å²) in [7, 11) is 0. The molecule has 0 aliphatic heterocycles. The summed E-state index contributed by atoms with van der Waals surface area (Å²) in [6.07, 6.45) is 4.15. The Hall–Kier alpha value is -1.62. The highest BCUT2D eigenvalue weighted by atomic mass is 16.3. The molecule has 80 valence electrons. The number of ketones is 1. The van der Waals surface area contributed by atoms with E-state index in [0.29, 0.717) is 19.4 Å². The first-order valence-corrected chi connectivity index (χ1v) is 4.73. The van der Waals surface area contributed by atoms with Gasteiger partial charge in [0.05, 0.1) is 0 Å². The van der Waals surface area contributed by atoms with Gasteiger partial charge in [-0.3, -0.25) is 15.1 Å².